The molecule has 0 spiro atoms. The maximum absolute atomic E-state index is 11.8. The SMILES string of the molecule is CS[C@H]1O[C@@H](c2ccc(C)c(Cc3ccc(Cl)cc3)c2)[C@H](C)[C@@H](OC(C)=O)[C@@H]1OC(C)=O. The van der Waals surface area contributed by atoms with Crippen LogP contribution in [0, 0.1) is 12.8 Å². The van der Waals surface area contributed by atoms with Gasteiger partial charge in [0.05, 0.1) is 6.10 Å². The lowest BCUT2D eigenvalue weighted by Gasteiger charge is -2.44. The second-order valence-corrected chi connectivity index (χ2v) is 9.53. The molecule has 0 radical (unpaired) electrons. The molecule has 32 heavy (non-hydrogen) atoms. The Morgan fingerprint density at radius 3 is 2.25 bits per heavy atom. The minimum atomic E-state index is -0.670. The van der Waals surface area contributed by atoms with Crippen molar-refractivity contribution in [2.45, 2.75) is 57.9 Å². The van der Waals surface area contributed by atoms with Crippen molar-refractivity contribution in [1.29, 1.82) is 0 Å². The molecule has 0 bridgehead atoms. The zero-order chi connectivity index (χ0) is 23.4. The van der Waals surface area contributed by atoms with Gasteiger partial charge in [-0.2, -0.15) is 0 Å². The van der Waals surface area contributed by atoms with Crippen LogP contribution in [0.1, 0.15) is 49.1 Å². The van der Waals surface area contributed by atoms with Gasteiger partial charge in [-0.15, -0.1) is 11.8 Å². The number of thioether (sulfide) groups is 1. The van der Waals surface area contributed by atoms with Gasteiger partial charge in [0, 0.05) is 24.8 Å². The summed E-state index contributed by atoms with van der Waals surface area (Å²) < 4.78 is 17.6. The molecular formula is C25H29ClO5S. The average Bonchev–Trinajstić information content (AvgIpc) is 2.74. The predicted molar refractivity (Wildman–Crippen MR) is 127 cm³/mol. The van der Waals surface area contributed by atoms with Gasteiger partial charge in [0.25, 0.3) is 0 Å². The van der Waals surface area contributed by atoms with Gasteiger partial charge in [0.1, 0.15) is 11.5 Å². The Kier molecular flexibility index (Phi) is 8.26. The highest BCUT2D eigenvalue weighted by Crippen LogP contribution is 2.42. The molecule has 0 unspecified atom stereocenters. The molecule has 2 aromatic carbocycles. The lowest BCUT2D eigenvalue weighted by Crippen LogP contribution is -2.52. The molecular weight excluding hydrogens is 448 g/mol. The molecule has 5 nitrogen and oxygen atoms in total. The third-order valence-electron chi connectivity index (χ3n) is 5.71. The zero-order valence-electron chi connectivity index (χ0n) is 19.0. The molecule has 1 saturated heterocycles. The first kappa shape index (κ1) is 24.6. The summed E-state index contributed by atoms with van der Waals surface area (Å²) in [6.45, 7) is 6.77. The highest BCUT2D eigenvalue weighted by Gasteiger charge is 2.48. The highest BCUT2D eigenvalue weighted by atomic mass is 35.5. The smallest absolute Gasteiger partial charge is 0.303 e. The Labute approximate surface area is 198 Å². The van der Waals surface area contributed by atoms with Crippen molar-refractivity contribution in [3.63, 3.8) is 0 Å². The average molecular weight is 477 g/mol. The minimum absolute atomic E-state index is 0.210. The van der Waals surface area contributed by atoms with Crippen LogP contribution in [-0.2, 0) is 30.2 Å². The number of aryl methyl sites for hydroxylation is 1. The maximum Gasteiger partial charge on any atom is 0.303 e. The molecule has 5 atom stereocenters. The number of rotatable bonds is 6. The lowest BCUT2D eigenvalue weighted by molar-refractivity contribution is -0.208. The van der Waals surface area contributed by atoms with Gasteiger partial charge < -0.3 is 14.2 Å². The van der Waals surface area contributed by atoms with Crippen molar-refractivity contribution in [1.82, 2.24) is 0 Å². The van der Waals surface area contributed by atoms with Crippen LogP contribution in [0.3, 0.4) is 0 Å². The number of hydrogen-bond donors (Lipinski definition) is 0. The summed E-state index contributed by atoms with van der Waals surface area (Å²) in [5.74, 6) is -1.05. The molecule has 1 aliphatic heterocycles. The molecule has 3 rings (SSSR count). The summed E-state index contributed by atoms with van der Waals surface area (Å²) in [6, 6.07) is 14.1. The Hall–Kier alpha value is -2.02. The lowest BCUT2D eigenvalue weighted by atomic mass is 9.85. The Morgan fingerprint density at radius 1 is 1.03 bits per heavy atom. The summed E-state index contributed by atoms with van der Waals surface area (Å²) in [4.78, 5) is 23.5. The standard InChI is InChI=1S/C25H29ClO5S/c1-14-6-9-19(13-20(14)12-18-7-10-21(26)11-8-18)22-15(2)23(29-16(3)27)24(30-17(4)28)25(31-22)32-5/h6-11,13,15,22-25H,12H2,1-5H3/t15-,22+,23+,24-,25+/m0/s1. The van der Waals surface area contributed by atoms with Crippen molar-refractivity contribution in [3.05, 3.63) is 69.7 Å². The number of halogens is 1. The van der Waals surface area contributed by atoms with E-state index in [9.17, 15) is 9.59 Å². The Bertz CT molecular complexity index is 961. The van der Waals surface area contributed by atoms with Crippen LogP contribution in [0.25, 0.3) is 0 Å². The molecule has 0 amide bonds. The normalized spacial score (nSPS) is 25.2. The van der Waals surface area contributed by atoms with Crippen LogP contribution in [0.2, 0.25) is 5.02 Å². The second kappa shape index (κ2) is 10.7. The van der Waals surface area contributed by atoms with Gasteiger partial charge in [0.15, 0.2) is 6.10 Å². The molecule has 0 aliphatic carbocycles. The summed E-state index contributed by atoms with van der Waals surface area (Å²) in [5, 5.41) is 0.714. The predicted octanol–water partition coefficient (Wildman–Crippen LogP) is 5.50. The third kappa shape index (κ3) is 5.85. The van der Waals surface area contributed by atoms with E-state index in [2.05, 4.69) is 25.1 Å². The number of hydrogen-bond acceptors (Lipinski definition) is 6. The second-order valence-electron chi connectivity index (χ2n) is 8.16. The molecule has 0 aromatic heterocycles. The molecule has 1 fully saturated rings. The largest absolute Gasteiger partial charge is 0.458 e. The van der Waals surface area contributed by atoms with E-state index in [-0.39, 0.29) is 12.0 Å². The van der Waals surface area contributed by atoms with E-state index in [1.165, 1.54) is 42.3 Å². The Morgan fingerprint density at radius 2 is 1.66 bits per heavy atom. The van der Waals surface area contributed by atoms with E-state index in [0.29, 0.717) is 5.02 Å². The summed E-state index contributed by atoms with van der Waals surface area (Å²) in [5.41, 5.74) is 4.09. The van der Waals surface area contributed by atoms with Crippen molar-refractivity contribution < 1.29 is 23.8 Å². The van der Waals surface area contributed by atoms with Crippen LogP contribution in [0.5, 0.6) is 0 Å². The summed E-state index contributed by atoms with van der Waals surface area (Å²) in [6.07, 6.45) is 1.08. The van der Waals surface area contributed by atoms with Crippen molar-refractivity contribution in [2.75, 3.05) is 6.26 Å². The van der Waals surface area contributed by atoms with Crippen molar-refractivity contribution >= 4 is 35.3 Å². The number of benzene rings is 2. The number of esters is 2. The maximum atomic E-state index is 11.8. The first-order valence-electron chi connectivity index (χ1n) is 10.6. The summed E-state index contributed by atoms with van der Waals surface area (Å²) in [7, 11) is 0. The molecule has 7 heteroatoms. The molecule has 0 saturated carbocycles. The zero-order valence-corrected chi connectivity index (χ0v) is 20.5. The van der Waals surface area contributed by atoms with Crippen LogP contribution in [0.15, 0.2) is 42.5 Å². The van der Waals surface area contributed by atoms with Gasteiger partial charge in [-0.1, -0.05) is 48.9 Å². The molecule has 1 aliphatic rings. The van der Waals surface area contributed by atoms with E-state index in [4.69, 9.17) is 25.8 Å². The first-order chi connectivity index (χ1) is 15.2. The fraction of sp³-hybridized carbons (Fsp3) is 0.440. The quantitative estimate of drug-likeness (QED) is 0.513. The Balaban J connectivity index is 1.92. The van der Waals surface area contributed by atoms with Crippen molar-refractivity contribution in [2.24, 2.45) is 5.92 Å². The molecule has 1 heterocycles. The fourth-order valence-corrected chi connectivity index (χ4v) is 4.94. The van der Waals surface area contributed by atoms with Gasteiger partial charge in [-0.25, -0.2) is 0 Å². The van der Waals surface area contributed by atoms with E-state index in [1.54, 1.807) is 0 Å². The number of carbonyl (C=O) groups is 2. The topological polar surface area (TPSA) is 61.8 Å². The van der Waals surface area contributed by atoms with E-state index >= 15 is 0 Å². The van der Waals surface area contributed by atoms with Crippen LogP contribution in [-0.4, -0.2) is 35.8 Å². The van der Waals surface area contributed by atoms with Crippen LogP contribution in [0.4, 0.5) is 0 Å². The highest BCUT2D eigenvalue weighted by molar-refractivity contribution is 7.99. The van der Waals surface area contributed by atoms with Gasteiger partial charge in [0.2, 0.25) is 0 Å². The van der Waals surface area contributed by atoms with Crippen molar-refractivity contribution in [3.8, 4) is 0 Å². The number of carbonyl (C=O) groups excluding carboxylic acids is 2. The van der Waals surface area contributed by atoms with Crippen LogP contribution >= 0.6 is 23.4 Å². The molecule has 0 N–H and O–H groups in total. The van der Waals surface area contributed by atoms with Gasteiger partial charge in [-0.05, 0) is 54.0 Å². The van der Waals surface area contributed by atoms with Gasteiger partial charge in [-0.3, -0.25) is 9.59 Å². The van der Waals surface area contributed by atoms with Gasteiger partial charge >= 0.3 is 11.9 Å². The molecule has 2 aromatic rings. The van der Waals surface area contributed by atoms with Crippen LogP contribution < -0.4 is 0 Å². The molecule has 172 valence electrons. The third-order valence-corrected chi connectivity index (χ3v) is 6.81. The number of ether oxygens (including phenoxy) is 3. The monoisotopic (exact) mass is 476 g/mol. The first-order valence-corrected chi connectivity index (χ1v) is 12.2. The fourth-order valence-electron chi connectivity index (χ4n) is 4.11. The van der Waals surface area contributed by atoms with E-state index in [0.717, 1.165) is 12.0 Å². The summed E-state index contributed by atoms with van der Waals surface area (Å²) >= 11 is 7.46. The minimum Gasteiger partial charge on any atom is -0.458 e. The van der Waals surface area contributed by atoms with E-state index in [1.807, 2.05) is 37.4 Å². The van der Waals surface area contributed by atoms with E-state index < -0.39 is 29.6 Å².